The summed E-state index contributed by atoms with van der Waals surface area (Å²) in [5.74, 6) is -2.11. The van der Waals surface area contributed by atoms with Crippen LogP contribution in [-0.4, -0.2) is 51.9 Å². The number of benzene rings is 2. The van der Waals surface area contributed by atoms with Crippen molar-refractivity contribution >= 4 is 18.0 Å². The number of rotatable bonds is 8. The summed E-state index contributed by atoms with van der Waals surface area (Å²) in [5, 5.41) is 23.5. The molecule has 2 amide bonds. The highest BCUT2D eigenvalue weighted by molar-refractivity contribution is 5.97. The van der Waals surface area contributed by atoms with Crippen molar-refractivity contribution in [3.63, 3.8) is 0 Å². The van der Waals surface area contributed by atoms with Gasteiger partial charge in [-0.25, -0.2) is 9.59 Å². The molecule has 0 bridgehead atoms. The summed E-state index contributed by atoms with van der Waals surface area (Å²) < 4.78 is 5.50. The van der Waals surface area contributed by atoms with E-state index in [4.69, 9.17) is 4.74 Å². The van der Waals surface area contributed by atoms with Crippen LogP contribution < -0.4 is 10.6 Å². The lowest BCUT2D eigenvalue weighted by atomic mass is 9.98. The van der Waals surface area contributed by atoms with E-state index in [9.17, 15) is 24.6 Å². The molecule has 0 fully saturated rings. The second-order valence-corrected chi connectivity index (χ2v) is 8.46. The van der Waals surface area contributed by atoms with Crippen molar-refractivity contribution in [3.8, 4) is 11.1 Å². The number of carboxylic acids is 1. The Bertz CT molecular complexity index is 1230. The molecule has 9 heteroatoms. The number of aliphatic carboxylic acids is 1. The fraction of sp³-hybridized carbons (Fsp3) is 0.231. The van der Waals surface area contributed by atoms with Crippen molar-refractivity contribution in [3.05, 3.63) is 89.2 Å². The Morgan fingerprint density at radius 1 is 1.03 bits per heavy atom. The van der Waals surface area contributed by atoms with E-state index in [2.05, 4.69) is 27.8 Å². The van der Waals surface area contributed by atoms with E-state index in [0.717, 1.165) is 22.3 Å². The summed E-state index contributed by atoms with van der Waals surface area (Å²) >= 11 is 0. The van der Waals surface area contributed by atoms with Crippen LogP contribution in [0.15, 0.2) is 66.9 Å². The SMILES string of the molecule is CC(CO)(NC(=O)c1ccnc(CNC(=O)OCC2c3ccccc3-c3ccccc32)c1)C(=O)O. The molecule has 35 heavy (non-hydrogen) atoms. The standard InChI is InChI=1S/C26H25N3O6/c1-26(15-30,24(32)33)29-23(31)16-10-11-27-17(12-16)13-28-25(34)35-14-22-20-8-4-2-6-18(20)19-7-3-5-9-21(19)22/h2-12,22,30H,13-15H2,1H3,(H,28,34)(H,29,31)(H,32,33). The van der Waals surface area contributed by atoms with Crippen LogP contribution in [0.1, 0.15) is 40.0 Å². The van der Waals surface area contributed by atoms with Gasteiger partial charge in [-0.2, -0.15) is 0 Å². The molecule has 0 radical (unpaired) electrons. The molecule has 0 spiro atoms. The molecule has 0 saturated carbocycles. The number of carboxylic acid groups (broad SMARTS) is 1. The van der Waals surface area contributed by atoms with Crippen molar-refractivity contribution in [1.82, 2.24) is 15.6 Å². The minimum Gasteiger partial charge on any atom is -0.479 e. The molecule has 0 aliphatic heterocycles. The van der Waals surface area contributed by atoms with Crippen LogP contribution in [0.5, 0.6) is 0 Å². The molecule has 2 aromatic carbocycles. The molecule has 1 heterocycles. The van der Waals surface area contributed by atoms with Gasteiger partial charge in [-0.3, -0.25) is 9.78 Å². The van der Waals surface area contributed by atoms with Gasteiger partial charge in [-0.1, -0.05) is 48.5 Å². The number of aromatic nitrogens is 1. The molecule has 3 aromatic rings. The van der Waals surface area contributed by atoms with Crippen molar-refractivity contribution < 1.29 is 29.3 Å². The Labute approximate surface area is 201 Å². The summed E-state index contributed by atoms with van der Waals surface area (Å²) in [5.41, 5.74) is 3.20. The largest absolute Gasteiger partial charge is 0.479 e. The maximum Gasteiger partial charge on any atom is 0.407 e. The first kappa shape index (κ1) is 23.9. The van der Waals surface area contributed by atoms with Crippen LogP contribution in [0.25, 0.3) is 11.1 Å². The van der Waals surface area contributed by atoms with E-state index in [1.807, 2.05) is 36.4 Å². The minimum atomic E-state index is -1.82. The number of carbonyl (C=O) groups is 3. The van der Waals surface area contributed by atoms with Gasteiger partial charge in [-0.15, -0.1) is 0 Å². The Hall–Kier alpha value is -4.24. The van der Waals surface area contributed by atoms with Crippen LogP contribution >= 0.6 is 0 Å². The van der Waals surface area contributed by atoms with E-state index >= 15 is 0 Å². The zero-order valence-electron chi connectivity index (χ0n) is 19.0. The molecular weight excluding hydrogens is 450 g/mol. The summed E-state index contributed by atoms with van der Waals surface area (Å²) in [6.07, 6.45) is 0.753. The number of ether oxygens (including phenoxy) is 1. The van der Waals surface area contributed by atoms with E-state index in [1.54, 1.807) is 0 Å². The molecule has 180 valence electrons. The third kappa shape index (κ3) is 4.99. The van der Waals surface area contributed by atoms with Gasteiger partial charge in [0.1, 0.15) is 6.61 Å². The van der Waals surface area contributed by atoms with Crippen molar-refractivity contribution in [1.29, 1.82) is 0 Å². The fourth-order valence-electron chi connectivity index (χ4n) is 4.01. The average Bonchev–Trinajstić information content (AvgIpc) is 3.20. The second-order valence-electron chi connectivity index (χ2n) is 8.46. The van der Waals surface area contributed by atoms with Gasteiger partial charge in [0.25, 0.3) is 5.91 Å². The number of aliphatic hydroxyl groups excluding tert-OH is 1. The molecule has 1 aliphatic carbocycles. The van der Waals surface area contributed by atoms with Gasteiger partial charge in [-0.05, 0) is 41.3 Å². The Kier molecular flexibility index (Phi) is 6.79. The van der Waals surface area contributed by atoms with Gasteiger partial charge in [0.05, 0.1) is 18.8 Å². The number of fused-ring (bicyclic) bond motifs is 3. The number of alkyl carbamates (subject to hydrolysis) is 1. The van der Waals surface area contributed by atoms with E-state index in [0.29, 0.717) is 5.69 Å². The van der Waals surface area contributed by atoms with E-state index in [1.165, 1.54) is 25.3 Å². The fourth-order valence-corrected chi connectivity index (χ4v) is 4.01. The second kappa shape index (κ2) is 9.94. The first-order valence-electron chi connectivity index (χ1n) is 11.0. The van der Waals surface area contributed by atoms with Gasteiger partial charge >= 0.3 is 12.1 Å². The lowest BCUT2D eigenvalue weighted by molar-refractivity contribution is -0.145. The van der Waals surface area contributed by atoms with Crippen molar-refractivity contribution in [2.24, 2.45) is 0 Å². The normalized spacial score (nSPS) is 13.8. The lowest BCUT2D eigenvalue weighted by Gasteiger charge is -2.23. The summed E-state index contributed by atoms with van der Waals surface area (Å²) in [6, 6.07) is 18.9. The van der Waals surface area contributed by atoms with Crippen molar-refractivity contribution in [2.45, 2.75) is 24.9 Å². The molecular formula is C26H25N3O6. The first-order valence-corrected chi connectivity index (χ1v) is 11.0. The van der Waals surface area contributed by atoms with Crippen LogP contribution in [0.3, 0.4) is 0 Å². The minimum absolute atomic E-state index is 0.00793. The lowest BCUT2D eigenvalue weighted by Crippen LogP contribution is -2.54. The van der Waals surface area contributed by atoms with Crippen LogP contribution in [0.4, 0.5) is 4.79 Å². The van der Waals surface area contributed by atoms with Crippen LogP contribution in [0, 0.1) is 0 Å². The predicted molar refractivity (Wildman–Crippen MR) is 127 cm³/mol. The maximum atomic E-state index is 12.4. The molecule has 1 aliphatic rings. The van der Waals surface area contributed by atoms with Gasteiger partial charge < -0.3 is 25.6 Å². The number of nitrogens with zero attached hydrogens (tertiary/aromatic N) is 1. The van der Waals surface area contributed by atoms with Gasteiger partial charge in [0.15, 0.2) is 5.54 Å². The summed E-state index contributed by atoms with van der Waals surface area (Å²) in [7, 11) is 0. The molecule has 9 nitrogen and oxygen atoms in total. The monoisotopic (exact) mass is 475 g/mol. The highest BCUT2D eigenvalue weighted by Gasteiger charge is 2.34. The van der Waals surface area contributed by atoms with Gasteiger partial charge in [0, 0.05) is 17.7 Å². The van der Waals surface area contributed by atoms with E-state index < -0.39 is 30.1 Å². The Balaban J connectivity index is 1.35. The van der Waals surface area contributed by atoms with Crippen LogP contribution in [-0.2, 0) is 16.1 Å². The number of hydrogen-bond donors (Lipinski definition) is 4. The predicted octanol–water partition coefficient (Wildman–Crippen LogP) is 2.69. The maximum absolute atomic E-state index is 12.4. The molecule has 1 aromatic heterocycles. The smallest absolute Gasteiger partial charge is 0.407 e. The Morgan fingerprint density at radius 3 is 2.26 bits per heavy atom. The topological polar surface area (TPSA) is 138 Å². The zero-order valence-corrected chi connectivity index (χ0v) is 19.0. The quantitative estimate of drug-likeness (QED) is 0.393. The van der Waals surface area contributed by atoms with E-state index in [-0.39, 0.29) is 24.6 Å². The molecule has 1 atom stereocenters. The first-order chi connectivity index (χ1) is 16.8. The molecule has 4 N–H and O–H groups in total. The number of hydrogen-bond acceptors (Lipinski definition) is 6. The van der Waals surface area contributed by atoms with Gasteiger partial charge in [0.2, 0.25) is 0 Å². The third-order valence-corrected chi connectivity index (χ3v) is 6.01. The third-order valence-electron chi connectivity index (χ3n) is 6.01. The summed E-state index contributed by atoms with van der Waals surface area (Å²) in [4.78, 5) is 40.3. The molecule has 4 rings (SSSR count). The number of carbonyl (C=O) groups excluding carboxylic acids is 2. The number of nitrogens with one attached hydrogen (secondary N) is 2. The molecule has 0 saturated heterocycles. The Morgan fingerprint density at radius 2 is 1.66 bits per heavy atom. The molecule has 1 unspecified atom stereocenters. The highest BCUT2D eigenvalue weighted by Crippen LogP contribution is 2.44. The average molecular weight is 476 g/mol. The highest BCUT2D eigenvalue weighted by atomic mass is 16.5. The van der Waals surface area contributed by atoms with Crippen LogP contribution in [0.2, 0.25) is 0 Å². The number of aliphatic hydroxyl groups is 1. The summed E-state index contributed by atoms with van der Waals surface area (Å²) in [6.45, 7) is 0.613. The zero-order chi connectivity index (χ0) is 25.0. The van der Waals surface area contributed by atoms with Crippen molar-refractivity contribution in [2.75, 3.05) is 13.2 Å². The number of amides is 2. The number of pyridine rings is 1.